The average molecular weight is 205 g/mol. The molecule has 2 rings (SSSR count). The predicted molar refractivity (Wildman–Crippen MR) is 59.4 cm³/mol. The Morgan fingerprint density at radius 1 is 1.47 bits per heavy atom. The Kier molecular flexibility index (Phi) is 3.69. The molecular formula is C12H17N2O. The molecule has 1 aliphatic heterocycles. The van der Waals surface area contributed by atoms with Crippen molar-refractivity contribution in [2.24, 2.45) is 0 Å². The molecule has 3 nitrogen and oxygen atoms in total. The third-order valence-corrected chi connectivity index (χ3v) is 2.45. The number of nitrogens with one attached hydrogen (secondary N) is 1. The topological polar surface area (TPSA) is 34.1 Å². The number of aromatic nitrogens is 1. The summed E-state index contributed by atoms with van der Waals surface area (Å²) in [5.74, 6) is 0. The fraction of sp³-hybridized carbons (Fsp3) is 0.500. The molecule has 0 spiro atoms. The third kappa shape index (κ3) is 3.29. The van der Waals surface area contributed by atoms with E-state index in [-0.39, 0.29) is 0 Å². The van der Waals surface area contributed by atoms with Gasteiger partial charge in [0.2, 0.25) is 0 Å². The molecule has 0 saturated carbocycles. The molecule has 15 heavy (non-hydrogen) atoms. The minimum atomic E-state index is 0.828. The van der Waals surface area contributed by atoms with Gasteiger partial charge in [0.15, 0.2) is 0 Å². The highest BCUT2D eigenvalue weighted by atomic mass is 16.5. The van der Waals surface area contributed by atoms with Crippen LogP contribution in [-0.4, -0.2) is 24.7 Å². The Morgan fingerprint density at radius 2 is 2.40 bits per heavy atom. The van der Waals surface area contributed by atoms with Gasteiger partial charge in [0.25, 0.3) is 0 Å². The van der Waals surface area contributed by atoms with E-state index in [4.69, 9.17) is 4.74 Å². The lowest BCUT2D eigenvalue weighted by atomic mass is 10.1. The van der Waals surface area contributed by atoms with Crippen molar-refractivity contribution in [2.75, 3.05) is 19.7 Å². The molecule has 1 saturated heterocycles. The van der Waals surface area contributed by atoms with E-state index >= 15 is 0 Å². The second-order valence-corrected chi connectivity index (χ2v) is 3.86. The minimum Gasteiger partial charge on any atom is -0.370 e. The fourth-order valence-corrected chi connectivity index (χ4v) is 1.71. The summed E-state index contributed by atoms with van der Waals surface area (Å²) in [5.41, 5.74) is 2.16. The van der Waals surface area contributed by atoms with E-state index in [0.29, 0.717) is 0 Å². The summed E-state index contributed by atoms with van der Waals surface area (Å²) in [6.45, 7) is 4.74. The van der Waals surface area contributed by atoms with Gasteiger partial charge in [-0.1, -0.05) is 6.07 Å². The summed E-state index contributed by atoms with van der Waals surface area (Å²) in [7, 11) is 0. The van der Waals surface area contributed by atoms with Crippen LogP contribution in [0.1, 0.15) is 17.8 Å². The number of pyridine rings is 1. The zero-order valence-electron chi connectivity index (χ0n) is 9.12. The lowest BCUT2D eigenvalue weighted by molar-refractivity contribution is 0.149. The average Bonchev–Trinajstić information content (AvgIpc) is 2.46. The molecule has 1 aromatic rings. The number of nitrogens with zero attached hydrogens (tertiary/aromatic N) is 1. The van der Waals surface area contributed by atoms with Gasteiger partial charge in [0.05, 0.1) is 0 Å². The van der Waals surface area contributed by atoms with E-state index in [2.05, 4.69) is 10.3 Å². The highest BCUT2D eigenvalue weighted by molar-refractivity contribution is 5.13. The highest BCUT2D eigenvalue weighted by Gasteiger charge is 2.14. The van der Waals surface area contributed by atoms with Gasteiger partial charge in [-0.3, -0.25) is 4.98 Å². The number of hydrogen-bond donors (Lipinski definition) is 1. The van der Waals surface area contributed by atoms with Gasteiger partial charge in [-0.15, -0.1) is 0 Å². The van der Waals surface area contributed by atoms with Crippen LogP contribution in [0, 0.1) is 13.0 Å². The molecule has 1 fully saturated rings. The van der Waals surface area contributed by atoms with Gasteiger partial charge >= 0.3 is 0 Å². The first-order chi connectivity index (χ1) is 7.34. The number of ether oxygens (including phenoxy) is 1. The van der Waals surface area contributed by atoms with Gasteiger partial charge in [0, 0.05) is 31.0 Å². The molecule has 0 bridgehead atoms. The summed E-state index contributed by atoms with van der Waals surface area (Å²) in [6.07, 6.45) is 3.02. The van der Waals surface area contributed by atoms with Gasteiger partial charge in [-0.25, -0.2) is 0 Å². The van der Waals surface area contributed by atoms with E-state index in [9.17, 15) is 0 Å². The van der Waals surface area contributed by atoms with E-state index in [0.717, 1.165) is 50.0 Å². The van der Waals surface area contributed by atoms with Crippen LogP contribution >= 0.6 is 0 Å². The molecular weight excluding hydrogens is 188 g/mol. The van der Waals surface area contributed by atoms with Crippen molar-refractivity contribution >= 4 is 0 Å². The first-order valence-electron chi connectivity index (χ1n) is 5.45. The molecule has 81 valence electrons. The zero-order chi connectivity index (χ0) is 10.5. The molecule has 2 heterocycles. The van der Waals surface area contributed by atoms with Crippen LogP contribution in [0.4, 0.5) is 0 Å². The summed E-state index contributed by atoms with van der Waals surface area (Å²) in [5, 5.41) is 3.34. The van der Waals surface area contributed by atoms with Crippen molar-refractivity contribution in [3.8, 4) is 0 Å². The monoisotopic (exact) mass is 205 g/mol. The Morgan fingerprint density at radius 3 is 3.27 bits per heavy atom. The Labute approximate surface area is 90.9 Å². The summed E-state index contributed by atoms with van der Waals surface area (Å²) in [6, 6.07) is 6.11. The predicted octanol–water partition coefficient (Wildman–Crippen LogP) is 1.47. The molecule has 3 heteroatoms. The van der Waals surface area contributed by atoms with Crippen LogP contribution in [0.3, 0.4) is 0 Å². The van der Waals surface area contributed by atoms with Crippen LogP contribution in [0.5, 0.6) is 0 Å². The number of hydrogen-bond acceptors (Lipinski definition) is 3. The van der Waals surface area contributed by atoms with Crippen molar-refractivity contribution in [2.45, 2.75) is 19.8 Å². The van der Waals surface area contributed by atoms with E-state index in [1.807, 2.05) is 25.1 Å². The summed E-state index contributed by atoms with van der Waals surface area (Å²) in [4.78, 5) is 4.47. The molecule has 0 aromatic carbocycles. The molecule has 1 radical (unpaired) electrons. The van der Waals surface area contributed by atoms with E-state index in [1.165, 1.54) is 0 Å². The van der Waals surface area contributed by atoms with Crippen LogP contribution in [0.25, 0.3) is 0 Å². The Bertz CT molecular complexity index is 306. The fourth-order valence-electron chi connectivity index (χ4n) is 1.71. The second kappa shape index (κ2) is 5.24. The molecule has 0 amide bonds. The smallest absolute Gasteiger partial charge is 0.116 e. The lowest BCUT2D eigenvalue weighted by Crippen LogP contribution is -2.21. The maximum atomic E-state index is 5.66. The van der Waals surface area contributed by atoms with Crippen LogP contribution < -0.4 is 5.32 Å². The maximum Gasteiger partial charge on any atom is 0.116 e. The van der Waals surface area contributed by atoms with Crippen LogP contribution in [0.2, 0.25) is 0 Å². The standard InChI is InChI=1S/C12H17N2O/c1-10-4-2-5-11(14-10)8-12-9-13-6-3-7-15-12/h2,4-5,13H,3,6-9H2,1H3. The molecule has 1 N–H and O–H groups in total. The van der Waals surface area contributed by atoms with Crippen molar-refractivity contribution < 1.29 is 4.74 Å². The normalized spacial score (nSPS) is 18.7. The van der Waals surface area contributed by atoms with E-state index < -0.39 is 0 Å². The van der Waals surface area contributed by atoms with E-state index in [1.54, 1.807) is 0 Å². The quantitative estimate of drug-likeness (QED) is 0.794. The van der Waals surface area contributed by atoms with Crippen molar-refractivity contribution in [3.05, 3.63) is 35.7 Å². The van der Waals surface area contributed by atoms with Crippen molar-refractivity contribution in [3.63, 3.8) is 0 Å². The van der Waals surface area contributed by atoms with Crippen molar-refractivity contribution in [1.82, 2.24) is 10.3 Å². The molecule has 1 aliphatic rings. The first kappa shape index (κ1) is 10.6. The lowest BCUT2D eigenvalue weighted by Gasteiger charge is -2.13. The molecule has 0 unspecified atom stereocenters. The first-order valence-corrected chi connectivity index (χ1v) is 5.45. The van der Waals surface area contributed by atoms with Gasteiger partial charge in [-0.2, -0.15) is 0 Å². The maximum absolute atomic E-state index is 5.66. The number of rotatable bonds is 2. The molecule has 0 aliphatic carbocycles. The van der Waals surface area contributed by atoms with Crippen molar-refractivity contribution in [1.29, 1.82) is 0 Å². The summed E-state index contributed by atoms with van der Waals surface area (Å²) < 4.78 is 5.66. The molecule has 1 aromatic heterocycles. The number of aryl methyl sites for hydroxylation is 1. The second-order valence-electron chi connectivity index (χ2n) is 3.86. The SMILES string of the molecule is Cc1cccc(C[C]2CNCCCO2)n1. The zero-order valence-corrected chi connectivity index (χ0v) is 9.12. The largest absolute Gasteiger partial charge is 0.370 e. The third-order valence-electron chi connectivity index (χ3n) is 2.45. The Balaban J connectivity index is 1.95. The summed E-state index contributed by atoms with van der Waals surface area (Å²) >= 11 is 0. The highest BCUT2D eigenvalue weighted by Crippen LogP contribution is 2.12. The van der Waals surface area contributed by atoms with Gasteiger partial charge in [-0.05, 0) is 32.0 Å². The van der Waals surface area contributed by atoms with Gasteiger partial charge < -0.3 is 10.1 Å². The van der Waals surface area contributed by atoms with Crippen LogP contribution in [0.15, 0.2) is 18.2 Å². The minimum absolute atomic E-state index is 0.828. The van der Waals surface area contributed by atoms with Crippen LogP contribution in [-0.2, 0) is 11.2 Å². The Hall–Kier alpha value is -0.930. The van der Waals surface area contributed by atoms with Gasteiger partial charge in [0.1, 0.15) is 6.10 Å². The molecule has 0 atom stereocenters.